The Labute approximate surface area is 116 Å². The SMILES string of the molecule is CC1(C)CCC(NC(=O)CCOC2CCNCC2)C1. The molecule has 4 nitrogen and oxygen atoms in total. The van der Waals surface area contributed by atoms with Gasteiger partial charge in [0.25, 0.3) is 0 Å². The molecule has 2 aliphatic rings. The fourth-order valence-corrected chi connectivity index (χ4v) is 3.14. The van der Waals surface area contributed by atoms with E-state index in [4.69, 9.17) is 4.74 Å². The van der Waals surface area contributed by atoms with Gasteiger partial charge in [-0.3, -0.25) is 4.79 Å². The highest BCUT2D eigenvalue weighted by atomic mass is 16.5. The van der Waals surface area contributed by atoms with Gasteiger partial charge in [-0.25, -0.2) is 0 Å². The van der Waals surface area contributed by atoms with Gasteiger partial charge in [-0.05, 0) is 50.6 Å². The fourth-order valence-electron chi connectivity index (χ4n) is 3.14. The Morgan fingerprint density at radius 3 is 2.68 bits per heavy atom. The van der Waals surface area contributed by atoms with Crippen molar-refractivity contribution in [2.75, 3.05) is 19.7 Å². The smallest absolute Gasteiger partial charge is 0.222 e. The van der Waals surface area contributed by atoms with Crippen molar-refractivity contribution >= 4 is 5.91 Å². The fraction of sp³-hybridized carbons (Fsp3) is 0.933. The summed E-state index contributed by atoms with van der Waals surface area (Å²) in [6, 6.07) is 0.376. The maximum atomic E-state index is 11.8. The number of hydrogen-bond donors (Lipinski definition) is 2. The summed E-state index contributed by atoms with van der Waals surface area (Å²) in [6.07, 6.45) is 6.42. The number of rotatable bonds is 5. The van der Waals surface area contributed by atoms with Crippen LogP contribution in [0.1, 0.15) is 52.4 Å². The Bertz CT molecular complexity index is 299. The molecule has 0 aromatic carbocycles. The van der Waals surface area contributed by atoms with E-state index in [1.165, 1.54) is 6.42 Å². The molecule has 2 rings (SSSR count). The largest absolute Gasteiger partial charge is 0.378 e. The van der Waals surface area contributed by atoms with Gasteiger partial charge in [0.05, 0.1) is 12.7 Å². The van der Waals surface area contributed by atoms with E-state index in [1.54, 1.807) is 0 Å². The average Bonchev–Trinajstić information content (AvgIpc) is 2.70. The molecule has 1 heterocycles. The van der Waals surface area contributed by atoms with Crippen LogP contribution in [-0.4, -0.2) is 37.7 Å². The molecule has 1 saturated heterocycles. The van der Waals surface area contributed by atoms with Crippen LogP contribution in [0, 0.1) is 5.41 Å². The van der Waals surface area contributed by atoms with Gasteiger partial charge in [0.15, 0.2) is 0 Å². The van der Waals surface area contributed by atoms with Gasteiger partial charge in [-0.2, -0.15) is 0 Å². The van der Waals surface area contributed by atoms with Gasteiger partial charge < -0.3 is 15.4 Å². The second-order valence-electron chi connectivity index (χ2n) is 6.74. The zero-order valence-electron chi connectivity index (χ0n) is 12.3. The minimum atomic E-state index is 0.150. The second-order valence-corrected chi connectivity index (χ2v) is 6.74. The Morgan fingerprint density at radius 2 is 2.05 bits per heavy atom. The van der Waals surface area contributed by atoms with E-state index < -0.39 is 0 Å². The normalized spacial score (nSPS) is 27.4. The van der Waals surface area contributed by atoms with Gasteiger partial charge >= 0.3 is 0 Å². The summed E-state index contributed by atoms with van der Waals surface area (Å²) in [5, 5.41) is 6.45. The third kappa shape index (κ3) is 5.11. The van der Waals surface area contributed by atoms with Crippen molar-refractivity contribution in [1.82, 2.24) is 10.6 Å². The van der Waals surface area contributed by atoms with Crippen LogP contribution < -0.4 is 10.6 Å². The molecule has 1 aliphatic carbocycles. The van der Waals surface area contributed by atoms with Crippen LogP contribution in [0.2, 0.25) is 0 Å². The molecule has 0 spiro atoms. The minimum absolute atomic E-state index is 0.150. The topological polar surface area (TPSA) is 50.4 Å². The van der Waals surface area contributed by atoms with E-state index in [9.17, 15) is 4.79 Å². The molecule has 19 heavy (non-hydrogen) atoms. The van der Waals surface area contributed by atoms with Crippen LogP contribution in [0.3, 0.4) is 0 Å². The number of carbonyl (C=O) groups is 1. The summed E-state index contributed by atoms with van der Waals surface area (Å²) in [6.45, 7) is 7.19. The summed E-state index contributed by atoms with van der Waals surface area (Å²) in [4.78, 5) is 11.8. The van der Waals surface area contributed by atoms with E-state index in [1.807, 2.05) is 0 Å². The lowest BCUT2D eigenvalue weighted by molar-refractivity contribution is -0.123. The highest BCUT2D eigenvalue weighted by Crippen LogP contribution is 2.36. The lowest BCUT2D eigenvalue weighted by Gasteiger charge is -2.23. The number of carbonyl (C=O) groups excluding carboxylic acids is 1. The van der Waals surface area contributed by atoms with Gasteiger partial charge in [-0.1, -0.05) is 13.8 Å². The molecule has 0 bridgehead atoms. The van der Waals surface area contributed by atoms with Gasteiger partial charge in [0, 0.05) is 12.5 Å². The second kappa shape index (κ2) is 6.71. The zero-order valence-corrected chi connectivity index (χ0v) is 12.3. The first-order chi connectivity index (χ1) is 9.05. The molecular weight excluding hydrogens is 240 g/mol. The van der Waals surface area contributed by atoms with Crippen LogP contribution in [0.4, 0.5) is 0 Å². The van der Waals surface area contributed by atoms with Gasteiger partial charge in [0.1, 0.15) is 0 Å². The summed E-state index contributed by atoms with van der Waals surface area (Å²) >= 11 is 0. The Morgan fingerprint density at radius 1 is 1.32 bits per heavy atom. The maximum absolute atomic E-state index is 11.8. The monoisotopic (exact) mass is 268 g/mol. The van der Waals surface area contributed by atoms with E-state index in [0.29, 0.717) is 30.6 Å². The van der Waals surface area contributed by atoms with Crippen molar-refractivity contribution in [3.8, 4) is 0 Å². The van der Waals surface area contributed by atoms with Crippen LogP contribution in [0.15, 0.2) is 0 Å². The summed E-state index contributed by atoms with van der Waals surface area (Å²) < 4.78 is 5.76. The lowest BCUT2D eigenvalue weighted by atomic mass is 9.92. The minimum Gasteiger partial charge on any atom is -0.378 e. The van der Waals surface area contributed by atoms with Crippen molar-refractivity contribution < 1.29 is 9.53 Å². The Balaban J connectivity index is 1.57. The van der Waals surface area contributed by atoms with E-state index in [0.717, 1.165) is 38.8 Å². The van der Waals surface area contributed by atoms with Gasteiger partial charge in [-0.15, -0.1) is 0 Å². The number of ether oxygens (including phenoxy) is 1. The lowest BCUT2D eigenvalue weighted by Crippen LogP contribution is -2.35. The van der Waals surface area contributed by atoms with Crippen molar-refractivity contribution in [3.05, 3.63) is 0 Å². The van der Waals surface area contributed by atoms with E-state index in [2.05, 4.69) is 24.5 Å². The van der Waals surface area contributed by atoms with Crippen molar-refractivity contribution in [1.29, 1.82) is 0 Å². The number of hydrogen-bond acceptors (Lipinski definition) is 3. The number of amides is 1. The van der Waals surface area contributed by atoms with Crippen LogP contribution in [0.25, 0.3) is 0 Å². The first kappa shape index (κ1) is 14.8. The summed E-state index contributed by atoms with van der Waals surface area (Å²) in [7, 11) is 0. The number of nitrogens with one attached hydrogen (secondary N) is 2. The third-order valence-corrected chi connectivity index (χ3v) is 4.30. The highest BCUT2D eigenvalue weighted by molar-refractivity contribution is 5.76. The Kier molecular flexibility index (Phi) is 5.22. The predicted octanol–water partition coefficient (Wildman–Crippen LogP) is 1.84. The van der Waals surface area contributed by atoms with Crippen LogP contribution in [0.5, 0.6) is 0 Å². The molecule has 1 aliphatic heterocycles. The molecule has 1 saturated carbocycles. The molecule has 0 radical (unpaired) electrons. The maximum Gasteiger partial charge on any atom is 0.222 e. The highest BCUT2D eigenvalue weighted by Gasteiger charge is 2.31. The molecule has 1 unspecified atom stereocenters. The molecule has 1 atom stereocenters. The van der Waals surface area contributed by atoms with Gasteiger partial charge in [0.2, 0.25) is 5.91 Å². The molecule has 2 N–H and O–H groups in total. The molecule has 4 heteroatoms. The molecule has 110 valence electrons. The molecule has 1 amide bonds. The first-order valence-electron chi connectivity index (χ1n) is 7.67. The van der Waals surface area contributed by atoms with E-state index in [-0.39, 0.29) is 5.91 Å². The van der Waals surface area contributed by atoms with Crippen molar-refractivity contribution in [2.24, 2.45) is 5.41 Å². The van der Waals surface area contributed by atoms with E-state index >= 15 is 0 Å². The van der Waals surface area contributed by atoms with Crippen LogP contribution >= 0.6 is 0 Å². The average molecular weight is 268 g/mol. The molecule has 0 aromatic rings. The summed E-state index contributed by atoms with van der Waals surface area (Å²) in [5.74, 6) is 0.150. The standard InChI is InChI=1S/C15H28N2O2/c1-15(2)7-3-12(11-15)17-14(18)6-10-19-13-4-8-16-9-5-13/h12-13,16H,3-11H2,1-2H3,(H,17,18). The Hall–Kier alpha value is -0.610. The molecule has 2 fully saturated rings. The van der Waals surface area contributed by atoms with Crippen molar-refractivity contribution in [3.63, 3.8) is 0 Å². The molecular formula is C15H28N2O2. The predicted molar refractivity (Wildman–Crippen MR) is 76.0 cm³/mol. The molecule has 0 aromatic heterocycles. The first-order valence-corrected chi connectivity index (χ1v) is 7.67. The summed E-state index contributed by atoms with van der Waals surface area (Å²) in [5.41, 5.74) is 0.392. The van der Waals surface area contributed by atoms with Crippen molar-refractivity contribution in [2.45, 2.75) is 64.5 Å². The quantitative estimate of drug-likeness (QED) is 0.800. The third-order valence-electron chi connectivity index (χ3n) is 4.30. The number of piperidine rings is 1. The van der Waals surface area contributed by atoms with Crippen LogP contribution in [-0.2, 0) is 9.53 Å². The zero-order chi connectivity index (χ0) is 13.7.